The van der Waals surface area contributed by atoms with Crippen molar-refractivity contribution in [3.8, 4) is 0 Å². The second kappa shape index (κ2) is 6.80. The number of rotatable bonds is 3. The number of ketones is 1. The molecule has 1 nitrogen and oxygen atoms in total. The Morgan fingerprint density at radius 2 is 1.53 bits per heavy atom. The normalized spacial score (nSPS) is 19.4. The average molecular weight is 391 g/mol. The van der Waals surface area contributed by atoms with Gasteiger partial charge in [0.1, 0.15) is 5.78 Å². The number of carbonyl (C=O) groups excluding carboxylic acids is 1. The van der Waals surface area contributed by atoms with Gasteiger partial charge in [-0.05, 0) is 82.2 Å². The van der Waals surface area contributed by atoms with Crippen molar-refractivity contribution in [2.24, 2.45) is 11.8 Å². The highest BCUT2D eigenvalue weighted by molar-refractivity contribution is 5.88. The van der Waals surface area contributed by atoms with Crippen molar-refractivity contribution in [2.45, 2.75) is 39.0 Å². The van der Waals surface area contributed by atoms with Crippen LogP contribution in [0.5, 0.6) is 0 Å². The Bertz CT molecular complexity index is 1390. The molecule has 0 radical (unpaired) electrons. The van der Waals surface area contributed by atoms with E-state index in [0.717, 1.165) is 32.1 Å². The van der Waals surface area contributed by atoms with E-state index in [1.807, 2.05) is 0 Å². The summed E-state index contributed by atoms with van der Waals surface area (Å²) >= 11 is 0. The fourth-order valence-corrected chi connectivity index (χ4v) is 5.43. The van der Waals surface area contributed by atoms with E-state index in [-0.39, 0.29) is 5.92 Å². The Balaban J connectivity index is 1.63. The molecule has 1 unspecified atom stereocenters. The van der Waals surface area contributed by atoms with Crippen LogP contribution in [0.2, 0.25) is 0 Å². The van der Waals surface area contributed by atoms with Gasteiger partial charge in [0, 0.05) is 11.8 Å². The third-order valence-electron chi connectivity index (χ3n) is 7.22. The molecule has 0 N–H and O–H groups in total. The van der Waals surface area contributed by atoms with Gasteiger partial charge < -0.3 is 0 Å². The van der Waals surface area contributed by atoms with Gasteiger partial charge in [-0.15, -0.1) is 0 Å². The van der Waals surface area contributed by atoms with Crippen LogP contribution in [0.15, 0.2) is 60.7 Å². The molecule has 3 aliphatic rings. The first-order valence-corrected chi connectivity index (χ1v) is 11.2. The van der Waals surface area contributed by atoms with Crippen LogP contribution in [0.3, 0.4) is 0 Å². The molecule has 0 bridgehead atoms. The zero-order chi connectivity index (χ0) is 20.2. The number of hydrogen-bond acceptors (Lipinski definition) is 1. The molecule has 3 aromatic rings. The largest absolute Gasteiger partial charge is 0.299 e. The van der Waals surface area contributed by atoms with Crippen molar-refractivity contribution >= 4 is 17.4 Å². The quantitative estimate of drug-likeness (QED) is 0.649. The first-order valence-electron chi connectivity index (χ1n) is 11.2. The summed E-state index contributed by atoms with van der Waals surface area (Å²) in [5.41, 5.74) is 6.76. The maximum atomic E-state index is 13.1. The van der Waals surface area contributed by atoms with E-state index in [0.29, 0.717) is 11.7 Å². The monoisotopic (exact) mass is 390 g/mol. The summed E-state index contributed by atoms with van der Waals surface area (Å²) in [4.78, 5) is 13.1. The highest BCUT2D eigenvalue weighted by Crippen LogP contribution is 2.38. The second-order valence-corrected chi connectivity index (χ2v) is 9.24. The van der Waals surface area contributed by atoms with E-state index in [9.17, 15) is 4.79 Å². The maximum Gasteiger partial charge on any atom is 0.139 e. The first-order chi connectivity index (χ1) is 14.7. The molecule has 1 atom stereocenters. The topological polar surface area (TPSA) is 17.1 Å². The zero-order valence-electron chi connectivity index (χ0n) is 17.4. The lowest BCUT2D eigenvalue weighted by Crippen LogP contribution is -2.31. The minimum absolute atomic E-state index is 0.130. The summed E-state index contributed by atoms with van der Waals surface area (Å²) in [7, 11) is 0. The van der Waals surface area contributed by atoms with E-state index in [1.165, 1.54) is 48.7 Å². The lowest BCUT2D eigenvalue weighted by molar-refractivity contribution is -0.124. The predicted octanol–water partition coefficient (Wildman–Crippen LogP) is 4.36. The molecule has 0 amide bonds. The Morgan fingerprint density at radius 1 is 0.767 bits per heavy atom. The number of carbonyl (C=O) groups is 1. The summed E-state index contributed by atoms with van der Waals surface area (Å²) in [6, 6.07) is 22.2. The lowest BCUT2D eigenvalue weighted by Gasteiger charge is -2.27. The molecule has 3 aromatic carbocycles. The Labute approximate surface area is 177 Å². The Kier molecular flexibility index (Phi) is 4.06. The van der Waals surface area contributed by atoms with Crippen LogP contribution < -0.4 is 10.4 Å². The zero-order valence-corrected chi connectivity index (χ0v) is 17.4. The highest BCUT2D eigenvalue weighted by atomic mass is 16.1. The van der Waals surface area contributed by atoms with Crippen LogP contribution >= 0.6 is 0 Å². The Morgan fingerprint density at radius 3 is 2.33 bits per heavy atom. The molecule has 1 saturated carbocycles. The van der Waals surface area contributed by atoms with Crippen LogP contribution in [0.4, 0.5) is 0 Å². The standard InChI is InChI=1S/C29H26O/c1-18-6-8-20(9-7-18)27-16-22(29(30)21-10-11-21)17-28-25-13-12-19-4-2-3-5-23(19)24(25)14-15-26(27)28/h2-9,12,14-15,21-22H,10-11,13,16-17H2,1H3. The van der Waals surface area contributed by atoms with Crippen molar-refractivity contribution in [2.75, 3.05) is 0 Å². The fourth-order valence-electron chi connectivity index (χ4n) is 5.43. The summed E-state index contributed by atoms with van der Waals surface area (Å²) in [5, 5.41) is 5.38. The van der Waals surface area contributed by atoms with Gasteiger partial charge in [0.05, 0.1) is 0 Å². The molecule has 6 rings (SSSR count). The van der Waals surface area contributed by atoms with Crippen molar-refractivity contribution in [3.63, 3.8) is 0 Å². The summed E-state index contributed by atoms with van der Waals surface area (Å²) in [6.45, 7) is 2.13. The number of Topliss-reactive ketones (excluding diaryl/α,β-unsaturated/α-hetero) is 1. The van der Waals surface area contributed by atoms with Gasteiger partial charge >= 0.3 is 0 Å². The average Bonchev–Trinajstić information content (AvgIpc) is 3.63. The minimum Gasteiger partial charge on any atom is -0.299 e. The Hall–Kier alpha value is -2.93. The second-order valence-electron chi connectivity index (χ2n) is 9.24. The van der Waals surface area contributed by atoms with E-state index < -0.39 is 0 Å². The first kappa shape index (κ1) is 17.9. The van der Waals surface area contributed by atoms with Gasteiger partial charge in [-0.1, -0.05) is 72.3 Å². The molecule has 30 heavy (non-hydrogen) atoms. The lowest BCUT2D eigenvalue weighted by atomic mass is 9.76. The van der Waals surface area contributed by atoms with Crippen molar-refractivity contribution in [1.29, 1.82) is 0 Å². The summed E-state index contributed by atoms with van der Waals surface area (Å²) < 4.78 is 0. The minimum atomic E-state index is 0.130. The number of aryl methyl sites for hydroxylation is 1. The van der Waals surface area contributed by atoms with Crippen molar-refractivity contribution < 1.29 is 4.79 Å². The van der Waals surface area contributed by atoms with Gasteiger partial charge in [0.15, 0.2) is 0 Å². The molecule has 0 spiro atoms. The number of hydrogen-bond donors (Lipinski definition) is 0. The molecule has 0 aliphatic heterocycles. The van der Waals surface area contributed by atoms with Gasteiger partial charge in [-0.3, -0.25) is 4.79 Å². The molecule has 0 saturated heterocycles. The third-order valence-corrected chi connectivity index (χ3v) is 7.22. The predicted molar refractivity (Wildman–Crippen MR) is 121 cm³/mol. The molecule has 148 valence electrons. The summed E-state index contributed by atoms with van der Waals surface area (Å²) in [5.74, 6) is 0.954. The molecular weight excluding hydrogens is 364 g/mol. The highest BCUT2D eigenvalue weighted by Gasteiger charge is 2.37. The summed E-state index contributed by atoms with van der Waals surface area (Å²) in [6.07, 6.45) is 7.28. The fraction of sp³-hybridized carbons (Fsp3) is 0.276. The van der Waals surface area contributed by atoms with Crippen LogP contribution in [0.25, 0.3) is 11.6 Å². The molecule has 1 fully saturated rings. The molecule has 3 aliphatic carbocycles. The van der Waals surface area contributed by atoms with E-state index >= 15 is 0 Å². The molecular formula is C29H26O. The van der Waals surface area contributed by atoms with Gasteiger partial charge in [-0.25, -0.2) is 0 Å². The third kappa shape index (κ3) is 2.88. The van der Waals surface area contributed by atoms with Crippen LogP contribution in [0, 0.1) is 29.2 Å². The van der Waals surface area contributed by atoms with E-state index in [2.05, 4.69) is 73.7 Å². The SMILES string of the molecule is Cc1ccc(C2=c3ccc4c(c3CC(C(=O)C3CC3)C2)CC=c2ccccc2=4)cc1. The van der Waals surface area contributed by atoms with Gasteiger partial charge in [0.2, 0.25) is 0 Å². The smallest absolute Gasteiger partial charge is 0.139 e. The maximum absolute atomic E-state index is 13.1. The van der Waals surface area contributed by atoms with E-state index in [4.69, 9.17) is 0 Å². The number of fused-ring (bicyclic) bond motifs is 4. The van der Waals surface area contributed by atoms with Crippen molar-refractivity contribution in [3.05, 3.63) is 104 Å². The molecule has 0 heterocycles. The van der Waals surface area contributed by atoms with Crippen LogP contribution in [0.1, 0.15) is 41.5 Å². The molecule has 0 aromatic heterocycles. The number of benzene rings is 3. The van der Waals surface area contributed by atoms with Crippen LogP contribution in [-0.2, 0) is 17.6 Å². The van der Waals surface area contributed by atoms with E-state index in [1.54, 1.807) is 0 Å². The molecule has 1 heteroatoms. The van der Waals surface area contributed by atoms with Gasteiger partial charge in [0.25, 0.3) is 0 Å². The van der Waals surface area contributed by atoms with Crippen molar-refractivity contribution in [1.82, 2.24) is 0 Å². The van der Waals surface area contributed by atoms with Gasteiger partial charge in [-0.2, -0.15) is 0 Å². The van der Waals surface area contributed by atoms with Crippen LogP contribution in [-0.4, -0.2) is 5.78 Å².